The number of carbonyl (C=O) groups is 3. The van der Waals surface area contributed by atoms with Crippen molar-refractivity contribution in [3.8, 4) is 22.5 Å². The molecule has 0 aromatic heterocycles. The van der Waals surface area contributed by atoms with Crippen molar-refractivity contribution in [1.82, 2.24) is 16.0 Å². The lowest BCUT2D eigenvalue weighted by Gasteiger charge is -2.20. The fourth-order valence-electron chi connectivity index (χ4n) is 5.04. The van der Waals surface area contributed by atoms with Crippen LogP contribution in [0.2, 0.25) is 0 Å². The highest BCUT2D eigenvalue weighted by Crippen LogP contribution is 2.42. The molecule has 0 bridgehead atoms. The molecule has 4 N–H and O–H groups in total. The van der Waals surface area contributed by atoms with E-state index in [9.17, 15) is 14.4 Å². The summed E-state index contributed by atoms with van der Waals surface area (Å²) in [6, 6.07) is 15.2. The van der Waals surface area contributed by atoms with Gasteiger partial charge >= 0.3 is 12.0 Å². The fourth-order valence-corrected chi connectivity index (χ4v) is 5.04. The van der Waals surface area contributed by atoms with Gasteiger partial charge in [0.2, 0.25) is 0 Å². The second-order valence-corrected chi connectivity index (χ2v) is 10.7. The third-order valence-electron chi connectivity index (χ3n) is 7.19. The van der Waals surface area contributed by atoms with E-state index in [0.29, 0.717) is 29.0 Å². The summed E-state index contributed by atoms with van der Waals surface area (Å²) in [7, 11) is 0. The van der Waals surface area contributed by atoms with Gasteiger partial charge in [-0.2, -0.15) is 0 Å². The van der Waals surface area contributed by atoms with Gasteiger partial charge in [-0.05, 0) is 69.5 Å². The van der Waals surface area contributed by atoms with Gasteiger partial charge in [-0.25, -0.2) is 9.59 Å². The molecule has 2 aromatic carbocycles. The van der Waals surface area contributed by atoms with Crippen LogP contribution in [0.15, 0.2) is 70.1 Å². The summed E-state index contributed by atoms with van der Waals surface area (Å²) >= 11 is 0. The van der Waals surface area contributed by atoms with E-state index in [2.05, 4.69) is 58.8 Å². The van der Waals surface area contributed by atoms with Gasteiger partial charge in [0.25, 0.3) is 5.91 Å². The van der Waals surface area contributed by atoms with E-state index in [-0.39, 0.29) is 32.1 Å². The second kappa shape index (κ2) is 15.1. The third kappa shape index (κ3) is 7.89. The van der Waals surface area contributed by atoms with Crippen LogP contribution in [-0.4, -0.2) is 57.2 Å². The number of hydrogen-bond acceptors (Lipinski definition) is 7. The number of nitrogens with one attached hydrogen (secondary N) is 4. The molecule has 0 radical (unpaired) electrons. The first-order chi connectivity index (χ1) is 21.6. The zero-order valence-electron chi connectivity index (χ0n) is 26.6. The molecule has 1 heterocycles. The van der Waals surface area contributed by atoms with Gasteiger partial charge in [0, 0.05) is 71.6 Å². The molecular weight excluding hydrogens is 570 g/mol. The van der Waals surface area contributed by atoms with Crippen LogP contribution in [0.1, 0.15) is 42.3 Å². The minimum Gasteiger partial charge on any atom is -0.460 e. The number of nitrogens with zero attached hydrogens (tertiary/aromatic N) is 1. The lowest BCUT2D eigenvalue weighted by Crippen LogP contribution is -2.41. The molecule has 10 nitrogen and oxygen atoms in total. The fraction of sp³-hybridized carbons (Fsp3) is 0.314. The molecule has 1 aliphatic carbocycles. The van der Waals surface area contributed by atoms with Crippen molar-refractivity contribution < 1.29 is 23.5 Å². The van der Waals surface area contributed by atoms with Gasteiger partial charge in [-0.15, -0.1) is 0 Å². The second-order valence-electron chi connectivity index (χ2n) is 10.7. The predicted molar refractivity (Wildman–Crippen MR) is 178 cm³/mol. The molecule has 45 heavy (non-hydrogen) atoms. The smallest absolute Gasteiger partial charge is 0.333 e. The number of rotatable bonds is 12. The molecule has 0 unspecified atom stereocenters. The van der Waals surface area contributed by atoms with Crippen LogP contribution < -0.4 is 26.6 Å². The lowest BCUT2D eigenvalue weighted by atomic mass is 9.89. The number of aryl methyl sites for hydroxylation is 2. The summed E-state index contributed by atoms with van der Waals surface area (Å²) < 4.78 is 11.4. The number of benzene rings is 3. The summed E-state index contributed by atoms with van der Waals surface area (Å²) in [5.41, 5.74) is 7.12. The first-order valence-electron chi connectivity index (χ1n) is 15.1. The summed E-state index contributed by atoms with van der Waals surface area (Å²) in [6.45, 7) is 15.2. The Hall–Kier alpha value is -5.12. The van der Waals surface area contributed by atoms with E-state index in [1.807, 2.05) is 44.2 Å². The van der Waals surface area contributed by atoms with Crippen molar-refractivity contribution in [2.75, 3.05) is 44.6 Å². The average Bonchev–Trinajstić information content (AvgIpc) is 3.01. The Balaban J connectivity index is 1.60. The van der Waals surface area contributed by atoms with Gasteiger partial charge in [0.15, 0.2) is 0 Å². The molecule has 0 saturated heterocycles. The van der Waals surface area contributed by atoms with Crippen LogP contribution in [0.3, 0.4) is 0 Å². The van der Waals surface area contributed by atoms with Crippen LogP contribution in [0.4, 0.5) is 10.5 Å². The summed E-state index contributed by atoms with van der Waals surface area (Å²) in [5, 5.41) is 13.4. The minimum atomic E-state index is -0.508. The number of esters is 1. The van der Waals surface area contributed by atoms with Gasteiger partial charge in [-0.3, -0.25) is 9.79 Å². The zero-order valence-corrected chi connectivity index (χ0v) is 26.6. The highest BCUT2D eigenvalue weighted by Gasteiger charge is 2.23. The maximum atomic E-state index is 13.6. The molecule has 236 valence electrons. The van der Waals surface area contributed by atoms with Gasteiger partial charge in [0.1, 0.15) is 18.0 Å². The number of anilines is 1. The molecule has 0 fully saturated rings. The molecule has 4 rings (SSSR count). The van der Waals surface area contributed by atoms with Crippen molar-refractivity contribution >= 4 is 34.6 Å². The number of urea groups is 1. The number of ether oxygens (including phenoxy) is 1. The predicted octanol–water partition coefficient (Wildman–Crippen LogP) is 5.32. The van der Waals surface area contributed by atoms with Crippen molar-refractivity contribution in [3.05, 3.63) is 82.7 Å². The molecule has 0 atom stereocenters. The Morgan fingerprint density at radius 3 is 2.38 bits per heavy atom. The van der Waals surface area contributed by atoms with E-state index < -0.39 is 12.0 Å². The maximum absolute atomic E-state index is 13.6. The molecule has 1 aliphatic heterocycles. The first-order valence-corrected chi connectivity index (χ1v) is 15.1. The monoisotopic (exact) mass is 611 g/mol. The normalized spacial score (nSPS) is 11.4. The third-order valence-corrected chi connectivity index (χ3v) is 7.19. The van der Waals surface area contributed by atoms with E-state index >= 15 is 0 Å². The van der Waals surface area contributed by atoms with E-state index in [0.717, 1.165) is 50.8 Å². The molecule has 3 amide bonds. The van der Waals surface area contributed by atoms with Crippen molar-refractivity contribution in [1.29, 1.82) is 0 Å². The number of fused-ring (bicyclic) bond motifs is 2. The zero-order chi connectivity index (χ0) is 32.5. The maximum Gasteiger partial charge on any atom is 0.333 e. The summed E-state index contributed by atoms with van der Waals surface area (Å²) in [4.78, 5) is 41.7. The Labute approximate surface area is 263 Å². The van der Waals surface area contributed by atoms with Crippen molar-refractivity contribution in [2.45, 2.75) is 34.6 Å². The average molecular weight is 612 g/mol. The van der Waals surface area contributed by atoms with Crippen molar-refractivity contribution in [3.63, 3.8) is 0 Å². The Morgan fingerprint density at radius 2 is 1.64 bits per heavy atom. The Kier molecular flexibility index (Phi) is 11.0. The quantitative estimate of drug-likeness (QED) is 0.0742. The van der Waals surface area contributed by atoms with E-state index in [1.165, 1.54) is 0 Å². The van der Waals surface area contributed by atoms with E-state index in [1.54, 1.807) is 13.0 Å². The highest BCUT2D eigenvalue weighted by atomic mass is 16.5. The molecule has 0 saturated carbocycles. The lowest BCUT2D eigenvalue weighted by molar-refractivity contribution is -0.138. The van der Waals surface area contributed by atoms with Crippen LogP contribution >= 0.6 is 0 Å². The van der Waals surface area contributed by atoms with Crippen LogP contribution in [0.5, 0.6) is 0 Å². The number of amides is 3. The Bertz CT molecular complexity index is 1770. The molecule has 2 aromatic rings. The van der Waals surface area contributed by atoms with Crippen LogP contribution in [0, 0.1) is 13.8 Å². The summed E-state index contributed by atoms with van der Waals surface area (Å²) in [5.74, 6) is -0.0929. The molecule has 0 spiro atoms. The van der Waals surface area contributed by atoms with Crippen LogP contribution in [-0.2, 0) is 9.53 Å². The molecule has 10 heteroatoms. The van der Waals surface area contributed by atoms with Gasteiger partial charge < -0.3 is 30.4 Å². The summed E-state index contributed by atoms with van der Waals surface area (Å²) in [6.07, 6.45) is 0. The molecule has 2 aliphatic rings. The van der Waals surface area contributed by atoms with Crippen molar-refractivity contribution in [2.24, 2.45) is 4.99 Å². The first kappa shape index (κ1) is 32.8. The number of carbonyl (C=O) groups excluding carboxylic acids is 3. The largest absolute Gasteiger partial charge is 0.460 e. The van der Waals surface area contributed by atoms with E-state index in [4.69, 9.17) is 9.15 Å². The Morgan fingerprint density at radius 1 is 0.911 bits per heavy atom. The van der Waals surface area contributed by atoms with Gasteiger partial charge in [-0.1, -0.05) is 24.8 Å². The van der Waals surface area contributed by atoms with Crippen LogP contribution in [0.25, 0.3) is 33.4 Å². The topological polar surface area (TPSA) is 134 Å². The number of hydrogen-bond donors (Lipinski definition) is 4. The standard InChI is InChI=1S/C35H41N5O5/c1-7-36-28-19-30-26(17-22(28)5)32(27-18-23(6)29(37-8-2)20-31(27)45-30)24-11-9-10-12-25(24)33(41)38-13-14-39-35(43)40-15-16-44-34(42)21(3)4/h9-12,17-20,36H,3,7-8,13-16H2,1-2,4-6H3,(H,38,41)(H2,39,40,43)/b37-29+. The van der Waals surface area contributed by atoms with Gasteiger partial charge in [0.05, 0.1) is 11.9 Å². The SMILES string of the molecule is C=C(C)C(=O)OCCNC(=O)NCCNC(=O)c1ccccc1-c1c2cc(C)/c(=N/CC)cc-2oc2cc(NCC)c(C)cc12. The molecular formula is C35H41N5O5. The minimum absolute atomic E-state index is 0.0346. The highest BCUT2D eigenvalue weighted by molar-refractivity contribution is 6.09.